The van der Waals surface area contributed by atoms with Gasteiger partial charge in [-0.1, -0.05) is 17.4 Å². The number of benzene rings is 1. The second-order valence-electron chi connectivity index (χ2n) is 5.10. The molecule has 6 heteroatoms. The monoisotopic (exact) mass is 293 g/mol. The van der Waals surface area contributed by atoms with Crippen molar-refractivity contribution >= 4 is 32.6 Å². The van der Waals surface area contributed by atoms with Crippen LogP contribution >= 0.6 is 11.3 Å². The number of anilines is 1. The summed E-state index contributed by atoms with van der Waals surface area (Å²) < 4.78 is 14.3. The summed E-state index contributed by atoms with van der Waals surface area (Å²) in [5.74, 6) is -0.538. The predicted octanol–water partition coefficient (Wildman–Crippen LogP) is 2.67. The van der Waals surface area contributed by atoms with Gasteiger partial charge in [0.15, 0.2) is 5.13 Å². The van der Waals surface area contributed by atoms with Crippen LogP contribution in [-0.4, -0.2) is 23.5 Å². The fourth-order valence-corrected chi connectivity index (χ4v) is 3.79. The third-order valence-electron chi connectivity index (χ3n) is 3.67. The molecule has 106 valence electrons. The number of amides is 1. The van der Waals surface area contributed by atoms with E-state index in [2.05, 4.69) is 9.88 Å². The number of halogens is 1. The van der Waals surface area contributed by atoms with Crippen LogP contribution in [0, 0.1) is 5.82 Å². The Morgan fingerprint density at radius 3 is 3.10 bits per heavy atom. The zero-order chi connectivity index (χ0) is 14.1. The Morgan fingerprint density at radius 1 is 1.50 bits per heavy atom. The molecule has 0 bridgehead atoms. The molecule has 1 aliphatic rings. The van der Waals surface area contributed by atoms with Crippen molar-refractivity contribution in [2.75, 3.05) is 11.4 Å². The molecule has 3 rings (SSSR count). The van der Waals surface area contributed by atoms with Gasteiger partial charge < -0.3 is 10.6 Å². The van der Waals surface area contributed by atoms with Crippen molar-refractivity contribution in [1.82, 2.24) is 4.98 Å². The van der Waals surface area contributed by atoms with E-state index < -0.39 is 0 Å². The van der Waals surface area contributed by atoms with E-state index in [9.17, 15) is 9.18 Å². The third kappa shape index (κ3) is 2.47. The first kappa shape index (κ1) is 13.3. The average Bonchev–Trinajstić information content (AvgIpc) is 2.84. The summed E-state index contributed by atoms with van der Waals surface area (Å²) >= 11 is 1.35. The molecule has 1 unspecified atom stereocenters. The Bertz CT molecular complexity index is 642. The molecule has 0 radical (unpaired) electrons. The molecular weight excluding hydrogens is 277 g/mol. The molecule has 1 fully saturated rings. The molecule has 4 nitrogen and oxygen atoms in total. The Balaban J connectivity index is 1.95. The van der Waals surface area contributed by atoms with Crippen LogP contribution in [0.25, 0.3) is 10.2 Å². The van der Waals surface area contributed by atoms with Crippen molar-refractivity contribution in [3.63, 3.8) is 0 Å². The van der Waals surface area contributed by atoms with Gasteiger partial charge in [0.25, 0.3) is 0 Å². The summed E-state index contributed by atoms with van der Waals surface area (Å²) in [5, 5.41) is 0.788. The molecule has 1 aromatic heterocycles. The summed E-state index contributed by atoms with van der Waals surface area (Å²) in [6.07, 6.45) is 3.42. The summed E-state index contributed by atoms with van der Waals surface area (Å²) in [4.78, 5) is 17.8. The molecular formula is C14H16FN3OS. The van der Waals surface area contributed by atoms with Gasteiger partial charge in [0.05, 0.1) is 10.2 Å². The highest BCUT2D eigenvalue weighted by molar-refractivity contribution is 7.22. The molecule has 1 aromatic carbocycles. The minimum absolute atomic E-state index is 0.0878. The number of hydrogen-bond donors (Lipinski definition) is 1. The summed E-state index contributed by atoms with van der Waals surface area (Å²) in [7, 11) is 0. The van der Waals surface area contributed by atoms with Gasteiger partial charge in [0.2, 0.25) is 5.91 Å². The molecule has 2 N–H and O–H groups in total. The minimum atomic E-state index is -0.297. The van der Waals surface area contributed by atoms with Crippen LogP contribution in [0.1, 0.15) is 25.7 Å². The van der Waals surface area contributed by atoms with E-state index in [1.807, 2.05) is 6.07 Å². The van der Waals surface area contributed by atoms with Crippen molar-refractivity contribution in [3.05, 3.63) is 24.0 Å². The molecule has 2 heterocycles. The van der Waals surface area contributed by atoms with Crippen molar-refractivity contribution in [1.29, 1.82) is 0 Å². The van der Waals surface area contributed by atoms with Gasteiger partial charge in [-0.25, -0.2) is 9.37 Å². The summed E-state index contributed by atoms with van der Waals surface area (Å²) in [5.41, 5.74) is 5.99. The van der Waals surface area contributed by atoms with Crippen molar-refractivity contribution in [3.8, 4) is 0 Å². The van der Waals surface area contributed by atoms with Gasteiger partial charge in [-0.2, -0.15) is 0 Å². The standard InChI is InChI=1S/C14H16FN3OS/c15-10-5-3-6-11-13(10)20-14(17-11)18-7-2-1-4-9(18)8-12(16)19/h3,5-6,9H,1-2,4,7-8H2,(H2,16,19). The van der Waals surface area contributed by atoms with Crippen LogP contribution in [0.5, 0.6) is 0 Å². The SMILES string of the molecule is NC(=O)CC1CCCCN1c1nc2cccc(F)c2s1. The number of aromatic nitrogens is 1. The molecule has 1 aliphatic heterocycles. The lowest BCUT2D eigenvalue weighted by Crippen LogP contribution is -2.41. The largest absolute Gasteiger partial charge is 0.370 e. The first-order chi connectivity index (χ1) is 9.65. The van der Waals surface area contributed by atoms with Crippen LogP contribution in [0.2, 0.25) is 0 Å². The van der Waals surface area contributed by atoms with Gasteiger partial charge in [-0.3, -0.25) is 4.79 Å². The summed E-state index contributed by atoms with van der Waals surface area (Å²) in [6.45, 7) is 0.847. The molecule has 0 spiro atoms. The average molecular weight is 293 g/mol. The molecule has 1 saturated heterocycles. The maximum Gasteiger partial charge on any atom is 0.219 e. The number of piperidine rings is 1. The van der Waals surface area contributed by atoms with E-state index >= 15 is 0 Å². The number of carbonyl (C=O) groups is 1. The number of fused-ring (bicyclic) bond motifs is 1. The zero-order valence-electron chi connectivity index (χ0n) is 11.0. The van der Waals surface area contributed by atoms with Crippen molar-refractivity contribution in [2.24, 2.45) is 5.73 Å². The minimum Gasteiger partial charge on any atom is -0.370 e. The van der Waals surface area contributed by atoms with E-state index in [0.717, 1.165) is 30.9 Å². The van der Waals surface area contributed by atoms with E-state index in [1.54, 1.807) is 6.07 Å². The van der Waals surface area contributed by atoms with E-state index in [1.165, 1.54) is 17.4 Å². The van der Waals surface area contributed by atoms with Crippen molar-refractivity contribution in [2.45, 2.75) is 31.7 Å². The number of nitrogens with zero attached hydrogens (tertiary/aromatic N) is 2. The normalized spacial score (nSPS) is 19.4. The van der Waals surface area contributed by atoms with Crippen LogP contribution < -0.4 is 10.6 Å². The molecule has 0 aliphatic carbocycles. The first-order valence-corrected chi connectivity index (χ1v) is 7.57. The maximum atomic E-state index is 13.8. The lowest BCUT2D eigenvalue weighted by atomic mass is 10.00. The van der Waals surface area contributed by atoms with Crippen molar-refractivity contribution < 1.29 is 9.18 Å². The Morgan fingerprint density at radius 2 is 2.35 bits per heavy atom. The number of nitrogens with two attached hydrogens (primary N) is 1. The summed E-state index contributed by atoms with van der Waals surface area (Å²) in [6, 6.07) is 5.01. The van der Waals surface area contributed by atoms with E-state index in [-0.39, 0.29) is 17.8 Å². The number of rotatable bonds is 3. The maximum absolute atomic E-state index is 13.8. The molecule has 20 heavy (non-hydrogen) atoms. The van der Waals surface area contributed by atoms with E-state index in [4.69, 9.17) is 5.73 Å². The topological polar surface area (TPSA) is 59.2 Å². The fraction of sp³-hybridized carbons (Fsp3) is 0.429. The quantitative estimate of drug-likeness (QED) is 0.946. The Labute approximate surface area is 120 Å². The second-order valence-corrected chi connectivity index (χ2v) is 6.08. The third-order valence-corrected chi connectivity index (χ3v) is 4.78. The molecule has 1 atom stereocenters. The lowest BCUT2D eigenvalue weighted by molar-refractivity contribution is -0.118. The number of thiazole rings is 1. The highest BCUT2D eigenvalue weighted by Gasteiger charge is 2.26. The highest BCUT2D eigenvalue weighted by Crippen LogP contribution is 2.34. The molecule has 1 amide bonds. The van der Waals surface area contributed by atoms with Gasteiger partial charge in [0, 0.05) is 19.0 Å². The fourth-order valence-electron chi connectivity index (χ4n) is 2.72. The van der Waals surface area contributed by atoms with Crippen LogP contribution in [0.15, 0.2) is 18.2 Å². The smallest absolute Gasteiger partial charge is 0.219 e. The second kappa shape index (κ2) is 5.36. The van der Waals surface area contributed by atoms with Crippen LogP contribution in [0.4, 0.5) is 9.52 Å². The number of hydrogen-bond acceptors (Lipinski definition) is 4. The Kier molecular flexibility index (Phi) is 3.56. The van der Waals surface area contributed by atoms with E-state index in [0.29, 0.717) is 16.6 Å². The van der Waals surface area contributed by atoms with Crippen LogP contribution in [0.3, 0.4) is 0 Å². The number of primary amides is 1. The first-order valence-electron chi connectivity index (χ1n) is 6.75. The van der Waals surface area contributed by atoms with Gasteiger partial charge in [-0.15, -0.1) is 0 Å². The Hall–Kier alpha value is -1.69. The van der Waals surface area contributed by atoms with Gasteiger partial charge in [0.1, 0.15) is 5.82 Å². The van der Waals surface area contributed by atoms with Gasteiger partial charge in [-0.05, 0) is 31.4 Å². The number of carbonyl (C=O) groups excluding carboxylic acids is 1. The van der Waals surface area contributed by atoms with Crippen LogP contribution in [-0.2, 0) is 4.79 Å². The lowest BCUT2D eigenvalue weighted by Gasteiger charge is -2.34. The molecule has 2 aromatic rings. The van der Waals surface area contributed by atoms with Gasteiger partial charge >= 0.3 is 0 Å². The molecule has 0 saturated carbocycles. The predicted molar refractivity (Wildman–Crippen MR) is 78.4 cm³/mol. The highest BCUT2D eigenvalue weighted by atomic mass is 32.1. The zero-order valence-corrected chi connectivity index (χ0v) is 11.8.